The van der Waals surface area contributed by atoms with Crippen molar-refractivity contribution in [3.8, 4) is 11.5 Å². The highest BCUT2D eigenvalue weighted by atomic mass is 79.9. The number of amides is 3. The van der Waals surface area contributed by atoms with Gasteiger partial charge in [-0.05, 0) is 81.3 Å². The first-order valence-corrected chi connectivity index (χ1v) is 12.6. The van der Waals surface area contributed by atoms with Crippen molar-refractivity contribution < 1.29 is 41.4 Å². The number of hydrogen-bond donors (Lipinski definition) is 1. The van der Waals surface area contributed by atoms with Crippen LogP contribution in [0.15, 0.2) is 57.9 Å². The quantitative estimate of drug-likeness (QED) is 0.181. The van der Waals surface area contributed by atoms with Gasteiger partial charge in [-0.15, -0.1) is 0 Å². The summed E-state index contributed by atoms with van der Waals surface area (Å²) in [5.74, 6) is -6.29. The Morgan fingerprint density at radius 1 is 1.05 bits per heavy atom. The number of methoxy groups -OCH3 is 1. The van der Waals surface area contributed by atoms with E-state index in [4.69, 9.17) is 9.47 Å². The molecular weight excluding hydrogens is 608 g/mol. The topological polar surface area (TPSA) is 84.9 Å². The minimum Gasteiger partial charge on any atom is -0.493 e. The third kappa shape index (κ3) is 6.42. The van der Waals surface area contributed by atoms with Gasteiger partial charge in [0.25, 0.3) is 11.1 Å². The Labute approximate surface area is 231 Å². The predicted octanol–water partition coefficient (Wildman–Crippen LogP) is 6.27. The number of carbonyl (C=O) groups is 3. The maximum atomic E-state index is 13.8. The van der Waals surface area contributed by atoms with E-state index in [1.54, 1.807) is 24.3 Å². The van der Waals surface area contributed by atoms with Crippen LogP contribution in [0.4, 0.5) is 28.0 Å². The van der Waals surface area contributed by atoms with Crippen molar-refractivity contribution in [2.45, 2.75) is 6.61 Å². The largest absolute Gasteiger partial charge is 0.493 e. The summed E-state index contributed by atoms with van der Waals surface area (Å²) in [7, 11) is 1.42. The molecule has 1 N–H and O–H groups in total. The number of benzene rings is 3. The first kappa shape index (κ1) is 28.2. The van der Waals surface area contributed by atoms with Gasteiger partial charge in [-0.3, -0.25) is 19.3 Å². The van der Waals surface area contributed by atoms with Gasteiger partial charge < -0.3 is 14.8 Å². The lowest BCUT2D eigenvalue weighted by Crippen LogP contribution is -2.36. The van der Waals surface area contributed by atoms with Crippen molar-refractivity contribution in [1.29, 1.82) is 0 Å². The second kappa shape index (κ2) is 11.9. The smallest absolute Gasteiger partial charge is 0.294 e. The van der Waals surface area contributed by atoms with E-state index in [2.05, 4.69) is 15.9 Å². The molecule has 0 aromatic heterocycles. The molecule has 0 bridgehead atoms. The third-order valence-electron chi connectivity index (χ3n) is 5.33. The Balaban J connectivity index is 1.47. The summed E-state index contributed by atoms with van der Waals surface area (Å²) in [6.45, 7) is -0.645. The summed E-state index contributed by atoms with van der Waals surface area (Å²) >= 11 is 3.98. The van der Waals surface area contributed by atoms with Crippen molar-refractivity contribution in [2.24, 2.45) is 0 Å². The van der Waals surface area contributed by atoms with Crippen LogP contribution in [0.2, 0.25) is 0 Å². The second-order valence-corrected chi connectivity index (χ2v) is 9.84. The molecule has 0 atom stereocenters. The third-order valence-corrected chi connectivity index (χ3v) is 6.83. The minimum absolute atomic E-state index is 0.000686. The number of anilines is 1. The lowest BCUT2D eigenvalue weighted by molar-refractivity contribution is -0.127. The molecule has 202 valence electrons. The number of carbonyl (C=O) groups excluding carboxylic acids is 3. The number of nitrogens with one attached hydrogen (secondary N) is 1. The lowest BCUT2D eigenvalue weighted by Gasteiger charge is -2.14. The summed E-state index contributed by atoms with van der Waals surface area (Å²) in [6, 6.07) is 10.4. The van der Waals surface area contributed by atoms with E-state index in [1.807, 2.05) is 5.32 Å². The number of thioether (sulfide) groups is 1. The molecular formula is C26H17BrF4N2O5S. The molecule has 1 saturated heterocycles. The Hall–Kier alpha value is -3.84. The molecule has 3 aromatic carbocycles. The van der Waals surface area contributed by atoms with Crippen LogP contribution in [0.25, 0.3) is 6.08 Å². The zero-order valence-corrected chi connectivity index (χ0v) is 22.3. The molecule has 0 spiro atoms. The average molecular weight is 625 g/mol. The molecule has 1 aliphatic heterocycles. The standard InChI is InChI=1S/C26H17BrF4N2O5S/c1-37-19-9-14(8-16(27)24(19)38-12-13-2-4-15(28)5-3-13)10-20-25(35)33(26(36)39-20)11-21(34)32-18-7-6-17(29)22(30)23(18)31/h2-10H,11-12H2,1H3,(H,32,34)/b20-10+. The van der Waals surface area contributed by atoms with Crippen LogP contribution in [0.5, 0.6) is 11.5 Å². The molecule has 0 radical (unpaired) electrons. The Kier molecular flexibility index (Phi) is 8.60. The number of ether oxygens (including phenoxy) is 2. The maximum absolute atomic E-state index is 13.8. The molecule has 0 unspecified atom stereocenters. The lowest BCUT2D eigenvalue weighted by atomic mass is 10.1. The van der Waals surface area contributed by atoms with Gasteiger partial charge in [0, 0.05) is 0 Å². The first-order chi connectivity index (χ1) is 18.6. The van der Waals surface area contributed by atoms with Crippen LogP contribution < -0.4 is 14.8 Å². The number of hydrogen-bond acceptors (Lipinski definition) is 6. The second-order valence-electron chi connectivity index (χ2n) is 7.99. The van der Waals surface area contributed by atoms with Crippen molar-refractivity contribution in [3.63, 3.8) is 0 Å². The van der Waals surface area contributed by atoms with Crippen molar-refractivity contribution in [3.05, 3.63) is 92.3 Å². The molecule has 3 amide bonds. The molecule has 7 nitrogen and oxygen atoms in total. The van der Waals surface area contributed by atoms with Gasteiger partial charge in [0.1, 0.15) is 19.0 Å². The Morgan fingerprint density at radius 3 is 2.46 bits per heavy atom. The molecule has 13 heteroatoms. The molecule has 3 aromatic rings. The molecule has 39 heavy (non-hydrogen) atoms. The van der Waals surface area contributed by atoms with E-state index >= 15 is 0 Å². The van der Waals surface area contributed by atoms with Crippen LogP contribution in [-0.4, -0.2) is 35.6 Å². The van der Waals surface area contributed by atoms with Crippen LogP contribution in [0, 0.1) is 23.3 Å². The fourth-order valence-electron chi connectivity index (χ4n) is 3.44. The molecule has 0 saturated carbocycles. The van der Waals surface area contributed by atoms with Gasteiger partial charge in [0.05, 0.1) is 22.2 Å². The van der Waals surface area contributed by atoms with Gasteiger partial charge in [-0.2, -0.15) is 0 Å². The SMILES string of the molecule is COc1cc(/C=C2/SC(=O)N(CC(=O)Nc3ccc(F)c(F)c3F)C2=O)cc(Br)c1OCc1ccc(F)cc1. The number of nitrogens with zero attached hydrogens (tertiary/aromatic N) is 1. The van der Waals surface area contributed by atoms with Gasteiger partial charge in [0.2, 0.25) is 5.91 Å². The van der Waals surface area contributed by atoms with E-state index < -0.39 is 46.7 Å². The molecule has 1 fully saturated rings. The highest BCUT2D eigenvalue weighted by Gasteiger charge is 2.36. The fourth-order valence-corrected chi connectivity index (χ4v) is 4.86. The van der Waals surface area contributed by atoms with E-state index in [0.717, 1.165) is 11.6 Å². The van der Waals surface area contributed by atoms with Crippen LogP contribution in [0.1, 0.15) is 11.1 Å². The molecule has 1 heterocycles. The summed E-state index contributed by atoms with van der Waals surface area (Å²) < 4.78 is 65.2. The summed E-state index contributed by atoms with van der Waals surface area (Å²) in [6.07, 6.45) is 1.41. The Morgan fingerprint density at radius 2 is 1.77 bits per heavy atom. The predicted molar refractivity (Wildman–Crippen MR) is 139 cm³/mol. The van der Waals surface area contributed by atoms with Crippen LogP contribution in [0.3, 0.4) is 0 Å². The molecule has 4 rings (SSSR count). The average Bonchev–Trinajstić information content (AvgIpc) is 3.16. The monoisotopic (exact) mass is 624 g/mol. The number of rotatable bonds is 8. The Bertz CT molecular complexity index is 1500. The first-order valence-electron chi connectivity index (χ1n) is 11.0. The van der Waals surface area contributed by atoms with Crippen molar-refractivity contribution >= 4 is 56.5 Å². The summed E-state index contributed by atoms with van der Waals surface area (Å²) in [5, 5.41) is 1.26. The van der Waals surface area contributed by atoms with Gasteiger partial charge in [-0.1, -0.05) is 12.1 Å². The van der Waals surface area contributed by atoms with Gasteiger partial charge in [0.15, 0.2) is 29.0 Å². The molecule has 0 aliphatic carbocycles. The summed E-state index contributed by atoms with van der Waals surface area (Å²) in [5.41, 5.74) is 0.547. The number of imide groups is 1. The van der Waals surface area contributed by atoms with E-state index in [1.165, 1.54) is 25.3 Å². The van der Waals surface area contributed by atoms with E-state index in [-0.39, 0.29) is 17.3 Å². The van der Waals surface area contributed by atoms with Crippen molar-refractivity contribution in [1.82, 2.24) is 4.90 Å². The normalized spacial score (nSPS) is 14.2. The zero-order chi connectivity index (χ0) is 28.3. The van der Waals surface area contributed by atoms with E-state index in [9.17, 15) is 31.9 Å². The van der Waals surface area contributed by atoms with Crippen molar-refractivity contribution in [2.75, 3.05) is 19.0 Å². The highest BCUT2D eigenvalue weighted by Crippen LogP contribution is 2.39. The van der Waals surface area contributed by atoms with Gasteiger partial charge in [-0.25, -0.2) is 17.6 Å². The highest BCUT2D eigenvalue weighted by molar-refractivity contribution is 9.10. The zero-order valence-electron chi connectivity index (χ0n) is 19.9. The summed E-state index contributed by atoms with van der Waals surface area (Å²) in [4.78, 5) is 38.2. The molecule has 1 aliphatic rings. The van der Waals surface area contributed by atoms with E-state index in [0.29, 0.717) is 44.3 Å². The van der Waals surface area contributed by atoms with Gasteiger partial charge >= 0.3 is 0 Å². The van der Waals surface area contributed by atoms with Crippen LogP contribution in [-0.2, 0) is 16.2 Å². The fraction of sp³-hybridized carbons (Fsp3) is 0.115. The number of halogens is 5. The maximum Gasteiger partial charge on any atom is 0.294 e. The minimum atomic E-state index is -1.77. The van der Waals surface area contributed by atoms with Crippen LogP contribution >= 0.6 is 27.7 Å².